The van der Waals surface area contributed by atoms with E-state index in [0.717, 1.165) is 16.9 Å². The number of nitrogens with one attached hydrogen (secondary N) is 1. The highest BCUT2D eigenvalue weighted by Gasteiger charge is 2.57. The molecule has 6 heteroatoms. The van der Waals surface area contributed by atoms with E-state index in [4.69, 9.17) is 9.84 Å². The smallest absolute Gasteiger partial charge is 0.231 e. The molecule has 1 saturated carbocycles. The third-order valence-corrected chi connectivity index (χ3v) is 7.74. The summed E-state index contributed by atoms with van der Waals surface area (Å²) in [6.45, 7) is 8.96. The molecule has 3 aromatic rings. The Bertz CT molecular complexity index is 1230. The zero-order valence-corrected chi connectivity index (χ0v) is 19.5. The molecule has 1 fully saturated rings. The summed E-state index contributed by atoms with van der Waals surface area (Å²) in [7, 11) is 0. The van der Waals surface area contributed by atoms with Gasteiger partial charge in [0, 0.05) is 11.1 Å². The van der Waals surface area contributed by atoms with Gasteiger partial charge in [0.1, 0.15) is 11.6 Å². The topological polar surface area (TPSA) is 51.4 Å². The van der Waals surface area contributed by atoms with Crippen molar-refractivity contribution in [1.82, 2.24) is 15.2 Å². The first-order chi connectivity index (χ1) is 15.8. The van der Waals surface area contributed by atoms with Crippen molar-refractivity contribution in [1.29, 1.82) is 0 Å². The number of rotatable bonds is 6. The first kappa shape index (κ1) is 21.4. The molecule has 2 aliphatic rings. The maximum absolute atomic E-state index is 13.4. The fraction of sp³-hybridized carbons (Fsp3) is 0.333. The Kier molecular flexibility index (Phi) is 5.11. The number of allylic oxidation sites excluding steroid dienone is 2. The van der Waals surface area contributed by atoms with Crippen molar-refractivity contribution < 1.29 is 9.13 Å². The molecular weight excluding hydrogens is 415 g/mol. The van der Waals surface area contributed by atoms with Crippen molar-refractivity contribution >= 4 is 6.21 Å². The Morgan fingerprint density at radius 2 is 1.85 bits per heavy atom. The van der Waals surface area contributed by atoms with Crippen LogP contribution in [0, 0.1) is 29.5 Å². The first-order valence-electron chi connectivity index (χ1n) is 11.4. The van der Waals surface area contributed by atoms with E-state index in [9.17, 15) is 4.39 Å². The fourth-order valence-electron chi connectivity index (χ4n) is 5.15. The van der Waals surface area contributed by atoms with E-state index >= 15 is 0 Å². The first-order valence-corrected chi connectivity index (χ1v) is 11.4. The van der Waals surface area contributed by atoms with Crippen LogP contribution in [-0.4, -0.2) is 16.0 Å². The van der Waals surface area contributed by atoms with Crippen LogP contribution in [-0.2, 0) is 0 Å². The molecule has 0 unspecified atom stereocenters. The summed E-state index contributed by atoms with van der Waals surface area (Å²) in [5, 5.41) is 9.30. The lowest BCUT2D eigenvalue weighted by atomic mass is 9.69. The lowest BCUT2D eigenvalue weighted by Gasteiger charge is -2.36. The Hall–Kier alpha value is -3.41. The second-order valence-corrected chi connectivity index (χ2v) is 9.76. The molecule has 2 aliphatic carbocycles. The van der Waals surface area contributed by atoms with E-state index in [0.29, 0.717) is 17.5 Å². The lowest BCUT2D eigenvalue weighted by molar-refractivity contribution is 0.164. The number of para-hydroxylation sites is 1. The molecule has 0 saturated heterocycles. The van der Waals surface area contributed by atoms with Crippen molar-refractivity contribution in [3.63, 3.8) is 0 Å². The van der Waals surface area contributed by atoms with Gasteiger partial charge in [-0.05, 0) is 67.5 Å². The highest BCUT2D eigenvalue weighted by atomic mass is 19.1. The number of halogens is 1. The molecule has 2 aromatic carbocycles. The molecule has 2 atom stereocenters. The number of hydrogen-bond acceptors (Lipinski definition) is 4. The van der Waals surface area contributed by atoms with Gasteiger partial charge in [0.2, 0.25) is 5.88 Å². The number of nitrogens with zero attached hydrogens (tertiary/aromatic N) is 3. The summed E-state index contributed by atoms with van der Waals surface area (Å²) in [6.07, 6.45) is 6.51. The van der Waals surface area contributed by atoms with Gasteiger partial charge < -0.3 is 4.74 Å². The predicted molar refractivity (Wildman–Crippen MR) is 128 cm³/mol. The number of benzene rings is 2. The molecule has 0 radical (unpaired) electrons. The number of aryl methyl sites for hydroxylation is 1. The van der Waals surface area contributed by atoms with Gasteiger partial charge in [0.05, 0.1) is 23.2 Å². The lowest BCUT2D eigenvalue weighted by Crippen LogP contribution is -2.33. The zero-order valence-electron chi connectivity index (χ0n) is 19.5. The van der Waals surface area contributed by atoms with Gasteiger partial charge in [0.15, 0.2) is 0 Å². The minimum absolute atomic E-state index is 0.103. The fourth-order valence-corrected chi connectivity index (χ4v) is 5.15. The molecule has 2 bridgehead atoms. The number of fused-ring (bicyclic) bond motifs is 2. The Morgan fingerprint density at radius 1 is 1.12 bits per heavy atom. The molecular formula is C27H29FN4O. The van der Waals surface area contributed by atoms with Crippen molar-refractivity contribution in [2.75, 3.05) is 0 Å². The summed E-state index contributed by atoms with van der Waals surface area (Å²) >= 11 is 0. The summed E-state index contributed by atoms with van der Waals surface area (Å²) in [5.74, 6) is 1.34. The van der Waals surface area contributed by atoms with E-state index in [2.05, 4.69) is 37.4 Å². The van der Waals surface area contributed by atoms with Gasteiger partial charge in [-0.25, -0.2) is 4.39 Å². The molecule has 1 aromatic heterocycles. The van der Waals surface area contributed by atoms with Crippen molar-refractivity contribution in [2.24, 2.45) is 21.8 Å². The van der Waals surface area contributed by atoms with Crippen LogP contribution in [0.25, 0.3) is 5.69 Å². The molecule has 170 valence electrons. The summed E-state index contributed by atoms with van der Waals surface area (Å²) in [6, 6.07) is 15.8. The van der Waals surface area contributed by atoms with Crippen molar-refractivity contribution in [3.8, 4) is 17.3 Å². The second kappa shape index (κ2) is 7.87. The molecule has 1 N–H and O–H groups in total. The van der Waals surface area contributed by atoms with Gasteiger partial charge >= 0.3 is 0 Å². The Morgan fingerprint density at radius 3 is 2.48 bits per heavy atom. The molecule has 0 spiro atoms. The number of hydrazone groups is 1. The third-order valence-electron chi connectivity index (χ3n) is 7.74. The van der Waals surface area contributed by atoms with Gasteiger partial charge in [-0.3, -0.25) is 5.43 Å². The van der Waals surface area contributed by atoms with E-state index in [-0.39, 0.29) is 16.6 Å². The molecule has 33 heavy (non-hydrogen) atoms. The molecule has 0 amide bonds. The Balaban J connectivity index is 1.47. The molecule has 1 heterocycles. The minimum Gasteiger partial charge on any atom is -0.438 e. The van der Waals surface area contributed by atoms with Crippen LogP contribution in [0.5, 0.6) is 11.6 Å². The standard InChI is InChI=1S/C27H29FN4O/c1-18-23(17-29-30-24-16-19-14-15-27(24,4)26(19,2)3)25(33-22-12-10-20(28)11-13-22)32(31-18)21-8-6-5-7-9-21/h5-13,16-17,19,30H,14-15H2,1-4H3/b29-17-/t19-,27+/m1/s1. The highest BCUT2D eigenvalue weighted by Crippen LogP contribution is 2.64. The van der Waals surface area contributed by atoms with E-state index in [1.807, 2.05) is 37.3 Å². The minimum atomic E-state index is -0.309. The largest absolute Gasteiger partial charge is 0.438 e. The molecule has 5 nitrogen and oxygen atoms in total. The highest BCUT2D eigenvalue weighted by molar-refractivity contribution is 5.84. The van der Waals surface area contributed by atoms with Gasteiger partial charge in [-0.1, -0.05) is 45.0 Å². The average molecular weight is 445 g/mol. The van der Waals surface area contributed by atoms with Crippen LogP contribution in [0.15, 0.2) is 71.5 Å². The molecule has 0 aliphatic heterocycles. The van der Waals surface area contributed by atoms with E-state index in [1.54, 1.807) is 23.0 Å². The SMILES string of the molecule is Cc1nn(-c2ccccc2)c(Oc2ccc(F)cc2)c1/C=N\NC1=C[C@H]2CC[C@]1(C)C2(C)C. The second-order valence-electron chi connectivity index (χ2n) is 9.76. The average Bonchev–Trinajstić information content (AvgIpc) is 3.30. The van der Waals surface area contributed by atoms with Gasteiger partial charge in [0.25, 0.3) is 0 Å². The predicted octanol–water partition coefficient (Wildman–Crippen LogP) is 6.38. The number of aromatic nitrogens is 2. The Labute approximate surface area is 194 Å². The maximum atomic E-state index is 13.4. The maximum Gasteiger partial charge on any atom is 0.231 e. The monoisotopic (exact) mass is 444 g/mol. The van der Waals surface area contributed by atoms with Crippen LogP contribution >= 0.6 is 0 Å². The third kappa shape index (κ3) is 3.54. The van der Waals surface area contributed by atoms with E-state index in [1.165, 1.54) is 30.7 Å². The van der Waals surface area contributed by atoms with Crippen LogP contribution in [0.2, 0.25) is 0 Å². The van der Waals surface area contributed by atoms with Gasteiger partial charge in [-0.2, -0.15) is 14.9 Å². The summed E-state index contributed by atoms with van der Waals surface area (Å²) < 4.78 is 21.4. The summed E-state index contributed by atoms with van der Waals surface area (Å²) in [5.41, 5.74) is 7.27. The van der Waals surface area contributed by atoms with Crippen molar-refractivity contribution in [2.45, 2.75) is 40.5 Å². The zero-order chi connectivity index (χ0) is 23.2. The number of hydrogen-bond donors (Lipinski definition) is 1. The van der Waals surface area contributed by atoms with Crippen LogP contribution in [0.3, 0.4) is 0 Å². The number of ether oxygens (including phenoxy) is 1. The van der Waals surface area contributed by atoms with Crippen LogP contribution in [0.1, 0.15) is 44.9 Å². The quantitative estimate of drug-likeness (QED) is 0.355. The molecule has 5 rings (SSSR count). The summed E-state index contributed by atoms with van der Waals surface area (Å²) in [4.78, 5) is 0. The van der Waals surface area contributed by atoms with Crippen molar-refractivity contribution in [3.05, 3.63) is 83.4 Å². The van der Waals surface area contributed by atoms with Crippen LogP contribution in [0.4, 0.5) is 4.39 Å². The normalized spacial score (nSPS) is 23.2. The van der Waals surface area contributed by atoms with Gasteiger partial charge in [-0.15, -0.1) is 0 Å². The van der Waals surface area contributed by atoms with E-state index < -0.39 is 0 Å². The van der Waals surface area contributed by atoms with Crippen LogP contribution < -0.4 is 10.2 Å².